The molecule has 3 aliphatic rings. The third-order valence-electron chi connectivity index (χ3n) is 7.74. The van der Waals surface area contributed by atoms with E-state index in [-0.39, 0.29) is 26.1 Å². The lowest BCUT2D eigenvalue weighted by molar-refractivity contribution is -0.320. The molecule has 0 bridgehead atoms. The molecule has 0 aromatic carbocycles. The minimum absolute atomic E-state index is 0.248. The second-order valence-electron chi connectivity index (χ2n) is 9.98. The SMILES string of the molecule is CCC(CC)(OCC1OC(OC)C(O)C(O)C1O)C1OC(COC2OCC(O)C(O)C2O)C(O)C(O)C1O. The number of hydrogen-bond donors (Lipinski definition) is 9. The summed E-state index contributed by atoms with van der Waals surface area (Å²) in [5.41, 5.74) is -1.27. The van der Waals surface area contributed by atoms with Crippen molar-refractivity contribution in [3.63, 3.8) is 0 Å². The Bertz CT molecular complexity index is 723. The smallest absolute Gasteiger partial charge is 0.186 e. The maximum Gasteiger partial charge on any atom is 0.186 e. The van der Waals surface area contributed by atoms with Gasteiger partial charge in [0.25, 0.3) is 0 Å². The van der Waals surface area contributed by atoms with Crippen LogP contribution in [0.5, 0.6) is 0 Å². The van der Waals surface area contributed by atoms with Crippen LogP contribution in [-0.4, -0.2) is 164 Å². The van der Waals surface area contributed by atoms with Crippen molar-refractivity contribution in [3.8, 4) is 0 Å². The lowest BCUT2D eigenvalue weighted by Crippen LogP contribution is -2.66. The summed E-state index contributed by atoms with van der Waals surface area (Å²) in [6.07, 6.45) is -19.4. The Morgan fingerprint density at radius 2 is 1.21 bits per heavy atom. The summed E-state index contributed by atoms with van der Waals surface area (Å²) in [4.78, 5) is 0. The molecule has 0 amide bonds. The van der Waals surface area contributed by atoms with Crippen LogP contribution in [0.4, 0.5) is 0 Å². The van der Waals surface area contributed by atoms with E-state index in [1.165, 1.54) is 7.11 Å². The lowest BCUT2D eigenvalue weighted by atomic mass is 9.81. The maximum atomic E-state index is 10.8. The van der Waals surface area contributed by atoms with Crippen molar-refractivity contribution in [2.75, 3.05) is 26.9 Å². The molecule has 3 rings (SSSR count). The average molecular weight is 559 g/mol. The van der Waals surface area contributed by atoms with Crippen molar-refractivity contribution in [1.29, 1.82) is 0 Å². The molecule has 15 heteroatoms. The standard InChI is InChI=1S/C23H42O15/c1-4-23(5-2,36-8-11-14(27)16(29)19(32)21(33-3)38-11)20-17(30)15(28)13(26)10(37-20)7-35-22-18(31)12(25)9(24)6-34-22/h9-22,24-32H,4-8H2,1-3H3. The van der Waals surface area contributed by atoms with Gasteiger partial charge in [0.1, 0.15) is 73.2 Å². The molecule has 15 nitrogen and oxygen atoms in total. The molecule has 0 saturated carbocycles. The summed E-state index contributed by atoms with van der Waals surface area (Å²) in [6, 6.07) is 0. The largest absolute Gasteiger partial charge is 0.388 e. The van der Waals surface area contributed by atoms with E-state index in [4.69, 9.17) is 28.4 Å². The Hall–Kier alpha value is -0.600. The van der Waals surface area contributed by atoms with Gasteiger partial charge in [-0.1, -0.05) is 13.8 Å². The zero-order chi connectivity index (χ0) is 28.4. The molecule has 0 aromatic heterocycles. The second-order valence-corrected chi connectivity index (χ2v) is 9.98. The normalized spacial score (nSPS) is 46.7. The predicted molar refractivity (Wildman–Crippen MR) is 123 cm³/mol. The summed E-state index contributed by atoms with van der Waals surface area (Å²) in [6.45, 7) is 2.47. The van der Waals surface area contributed by atoms with Gasteiger partial charge in [0.05, 0.1) is 25.4 Å². The highest BCUT2D eigenvalue weighted by atomic mass is 16.7. The van der Waals surface area contributed by atoms with Crippen LogP contribution < -0.4 is 0 Å². The molecule has 14 atom stereocenters. The molecule has 0 spiro atoms. The molecule has 3 heterocycles. The minimum atomic E-state index is -1.67. The van der Waals surface area contributed by atoms with E-state index in [1.807, 2.05) is 0 Å². The van der Waals surface area contributed by atoms with E-state index in [9.17, 15) is 46.0 Å². The van der Waals surface area contributed by atoms with Crippen LogP contribution in [0, 0.1) is 0 Å². The van der Waals surface area contributed by atoms with Gasteiger partial charge in [-0.25, -0.2) is 0 Å². The number of aliphatic hydroxyl groups excluding tert-OH is 9. The van der Waals surface area contributed by atoms with Crippen molar-refractivity contribution < 1.29 is 74.4 Å². The molecule has 3 fully saturated rings. The first-order valence-electron chi connectivity index (χ1n) is 12.8. The van der Waals surface area contributed by atoms with Crippen molar-refractivity contribution in [1.82, 2.24) is 0 Å². The van der Waals surface area contributed by atoms with Crippen molar-refractivity contribution in [2.24, 2.45) is 0 Å². The third kappa shape index (κ3) is 6.32. The van der Waals surface area contributed by atoms with Gasteiger partial charge in [-0.15, -0.1) is 0 Å². The summed E-state index contributed by atoms with van der Waals surface area (Å²) in [5.74, 6) is 0. The van der Waals surface area contributed by atoms with E-state index in [0.29, 0.717) is 0 Å². The molecule has 38 heavy (non-hydrogen) atoms. The van der Waals surface area contributed by atoms with Crippen LogP contribution in [0.15, 0.2) is 0 Å². The first-order chi connectivity index (χ1) is 17.9. The van der Waals surface area contributed by atoms with Gasteiger partial charge in [-0.05, 0) is 12.8 Å². The van der Waals surface area contributed by atoms with E-state index < -0.39 is 98.0 Å². The number of hydrogen-bond acceptors (Lipinski definition) is 15. The number of rotatable bonds is 10. The van der Waals surface area contributed by atoms with Crippen LogP contribution in [0.3, 0.4) is 0 Å². The molecule has 3 aliphatic heterocycles. The molecule has 14 unspecified atom stereocenters. The van der Waals surface area contributed by atoms with Gasteiger partial charge in [0.2, 0.25) is 0 Å². The van der Waals surface area contributed by atoms with Gasteiger partial charge < -0.3 is 74.4 Å². The van der Waals surface area contributed by atoms with Crippen molar-refractivity contribution in [2.45, 2.75) is 118 Å². The van der Waals surface area contributed by atoms with Crippen LogP contribution in [0.2, 0.25) is 0 Å². The minimum Gasteiger partial charge on any atom is -0.388 e. The first kappa shape index (κ1) is 31.9. The highest BCUT2D eigenvalue weighted by Gasteiger charge is 2.54. The average Bonchev–Trinajstić information content (AvgIpc) is 2.92. The van der Waals surface area contributed by atoms with Gasteiger partial charge in [-0.3, -0.25) is 0 Å². The molecule has 3 saturated heterocycles. The molecular formula is C23H42O15. The quantitative estimate of drug-likeness (QED) is 0.122. The third-order valence-corrected chi connectivity index (χ3v) is 7.74. The van der Waals surface area contributed by atoms with Crippen LogP contribution in [0.1, 0.15) is 26.7 Å². The van der Waals surface area contributed by atoms with E-state index in [2.05, 4.69) is 0 Å². The highest BCUT2D eigenvalue weighted by molar-refractivity contribution is 5.02. The molecule has 0 aromatic rings. The van der Waals surface area contributed by atoms with Crippen LogP contribution in [-0.2, 0) is 28.4 Å². The van der Waals surface area contributed by atoms with E-state index in [0.717, 1.165) is 0 Å². The summed E-state index contributed by atoms with van der Waals surface area (Å²) < 4.78 is 33.3. The lowest BCUT2D eigenvalue weighted by Gasteiger charge is -2.49. The van der Waals surface area contributed by atoms with E-state index >= 15 is 0 Å². The van der Waals surface area contributed by atoms with Gasteiger partial charge in [-0.2, -0.15) is 0 Å². The summed E-state index contributed by atoms with van der Waals surface area (Å²) in [5, 5.41) is 92.1. The van der Waals surface area contributed by atoms with Gasteiger partial charge >= 0.3 is 0 Å². The number of aliphatic hydroxyl groups is 9. The second kappa shape index (κ2) is 13.4. The zero-order valence-corrected chi connectivity index (χ0v) is 21.6. The zero-order valence-electron chi connectivity index (χ0n) is 21.6. The maximum absolute atomic E-state index is 10.8. The fourth-order valence-corrected chi connectivity index (χ4v) is 5.07. The van der Waals surface area contributed by atoms with Gasteiger partial charge in [0.15, 0.2) is 12.6 Å². The van der Waals surface area contributed by atoms with Crippen LogP contribution in [0.25, 0.3) is 0 Å². The Labute approximate surface area is 220 Å². The number of ether oxygens (including phenoxy) is 6. The summed E-state index contributed by atoms with van der Waals surface area (Å²) in [7, 11) is 1.26. The molecular weight excluding hydrogens is 516 g/mol. The molecule has 224 valence electrons. The van der Waals surface area contributed by atoms with Crippen molar-refractivity contribution in [3.05, 3.63) is 0 Å². The number of methoxy groups -OCH3 is 1. The van der Waals surface area contributed by atoms with Crippen LogP contribution >= 0.6 is 0 Å². The Balaban J connectivity index is 1.71. The molecule has 0 radical (unpaired) electrons. The Kier molecular flexibility index (Phi) is 11.2. The highest BCUT2D eigenvalue weighted by Crippen LogP contribution is 2.36. The Morgan fingerprint density at radius 1 is 0.658 bits per heavy atom. The first-order valence-corrected chi connectivity index (χ1v) is 12.8. The van der Waals surface area contributed by atoms with Crippen molar-refractivity contribution >= 4 is 0 Å². The van der Waals surface area contributed by atoms with Gasteiger partial charge in [0, 0.05) is 7.11 Å². The van der Waals surface area contributed by atoms with E-state index in [1.54, 1.807) is 13.8 Å². The predicted octanol–water partition coefficient (Wildman–Crippen LogP) is -4.68. The fourth-order valence-electron chi connectivity index (χ4n) is 5.07. The topological polar surface area (TPSA) is 237 Å². The summed E-state index contributed by atoms with van der Waals surface area (Å²) >= 11 is 0. The monoisotopic (exact) mass is 558 g/mol. The molecule has 9 N–H and O–H groups in total. The fraction of sp³-hybridized carbons (Fsp3) is 1.00. The Morgan fingerprint density at radius 3 is 1.79 bits per heavy atom. The molecule has 0 aliphatic carbocycles.